The van der Waals surface area contributed by atoms with Gasteiger partial charge < -0.3 is 0 Å². The Bertz CT molecular complexity index is 335. The van der Waals surface area contributed by atoms with E-state index in [-0.39, 0.29) is 5.91 Å². The Labute approximate surface area is 89.6 Å². The topological polar surface area (TPSA) is 52.9 Å². The van der Waals surface area contributed by atoms with E-state index in [2.05, 4.69) is 31.9 Å². The Morgan fingerprint density at radius 2 is 2.33 bits per heavy atom. The number of rotatable bonds is 1. The van der Waals surface area contributed by atoms with E-state index in [4.69, 9.17) is 5.26 Å². The first-order chi connectivity index (χ1) is 5.65. The zero-order chi connectivity index (χ0) is 9.14. The molecule has 3 nitrogen and oxygen atoms in total. The standard InChI is InChI=1S/C6H2Br2N2OS/c7-3-1-4(12-5(3)8)6(11)10-2-9/h1H,(H,10,11). The predicted molar refractivity (Wildman–Crippen MR) is 52.8 cm³/mol. The van der Waals surface area contributed by atoms with Gasteiger partial charge in [-0.25, -0.2) is 0 Å². The van der Waals surface area contributed by atoms with Gasteiger partial charge in [0.15, 0.2) is 6.19 Å². The van der Waals surface area contributed by atoms with Crippen LogP contribution in [-0.4, -0.2) is 5.91 Å². The van der Waals surface area contributed by atoms with Gasteiger partial charge >= 0.3 is 0 Å². The van der Waals surface area contributed by atoms with Gasteiger partial charge in [0, 0.05) is 4.47 Å². The third-order valence-corrected chi connectivity index (χ3v) is 4.29. The number of hydrogen-bond donors (Lipinski definition) is 1. The van der Waals surface area contributed by atoms with Crippen LogP contribution in [0, 0.1) is 11.5 Å². The number of carbonyl (C=O) groups is 1. The number of halogens is 2. The molecule has 0 aliphatic rings. The third kappa shape index (κ3) is 2.06. The van der Waals surface area contributed by atoms with E-state index in [0.29, 0.717) is 4.88 Å². The molecule has 1 amide bonds. The molecule has 0 radical (unpaired) electrons. The molecule has 0 aliphatic carbocycles. The van der Waals surface area contributed by atoms with E-state index in [1.54, 1.807) is 12.3 Å². The summed E-state index contributed by atoms with van der Waals surface area (Å²) in [7, 11) is 0. The van der Waals surface area contributed by atoms with Crippen LogP contribution in [0.2, 0.25) is 0 Å². The average molecular weight is 310 g/mol. The average Bonchev–Trinajstić information content (AvgIpc) is 2.33. The summed E-state index contributed by atoms with van der Waals surface area (Å²) >= 11 is 7.75. The largest absolute Gasteiger partial charge is 0.274 e. The highest BCUT2D eigenvalue weighted by Crippen LogP contribution is 2.32. The number of nitrogens with one attached hydrogen (secondary N) is 1. The fraction of sp³-hybridized carbons (Fsp3) is 0. The number of nitriles is 1. The summed E-state index contributed by atoms with van der Waals surface area (Å²) in [5, 5.41) is 10.2. The van der Waals surface area contributed by atoms with Crippen molar-refractivity contribution in [2.24, 2.45) is 0 Å². The predicted octanol–water partition coefficient (Wildman–Crippen LogP) is 2.48. The van der Waals surface area contributed by atoms with Gasteiger partial charge in [0.05, 0.1) is 8.66 Å². The number of hydrogen-bond acceptors (Lipinski definition) is 3. The molecule has 0 atom stereocenters. The van der Waals surface area contributed by atoms with Crippen molar-refractivity contribution >= 4 is 49.1 Å². The molecule has 0 aliphatic heterocycles. The molecule has 1 N–H and O–H groups in total. The minimum Gasteiger partial charge on any atom is -0.267 e. The summed E-state index contributed by atoms with van der Waals surface area (Å²) in [5.41, 5.74) is 0. The molecule has 0 spiro atoms. The molecule has 0 bridgehead atoms. The van der Waals surface area contributed by atoms with Crippen molar-refractivity contribution in [3.05, 3.63) is 19.2 Å². The van der Waals surface area contributed by atoms with Gasteiger partial charge in [0.25, 0.3) is 5.91 Å². The lowest BCUT2D eigenvalue weighted by Crippen LogP contribution is -2.15. The zero-order valence-electron chi connectivity index (χ0n) is 5.60. The molecule has 0 saturated heterocycles. The highest BCUT2D eigenvalue weighted by Gasteiger charge is 2.10. The Balaban J connectivity index is 2.91. The molecule has 12 heavy (non-hydrogen) atoms. The third-order valence-electron chi connectivity index (χ3n) is 1.04. The van der Waals surface area contributed by atoms with Crippen LogP contribution in [0.25, 0.3) is 0 Å². The smallest absolute Gasteiger partial charge is 0.267 e. The monoisotopic (exact) mass is 308 g/mol. The maximum absolute atomic E-state index is 11.0. The fourth-order valence-corrected chi connectivity index (χ4v) is 2.50. The Morgan fingerprint density at radius 3 is 2.75 bits per heavy atom. The van der Waals surface area contributed by atoms with Gasteiger partial charge in [-0.1, -0.05) is 0 Å². The van der Waals surface area contributed by atoms with Crippen molar-refractivity contribution in [2.45, 2.75) is 0 Å². The molecular weight excluding hydrogens is 308 g/mol. The van der Waals surface area contributed by atoms with E-state index in [1.165, 1.54) is 11.3 Å². The van der Waals surface area contributed by atoms with Crippen molar-refractivity contribution in [1.29, 1.82) is 5.26 Å². The van der Waals surface area contributed by atoms with Crippen LogP contribution >= 0.6 is 43.2 Å². The van der Waals surface area contributed by atoms with Crippen LogP contribution in [-0.2, 0) is 0 Å². The second kappa shape index (κ2) is 4.03. The van der Waals surface area contributed by atoms with E-state index in [9.17, 15) is 4.79 Å². The molecule has 1 heterocycles. The molecule has 0 unspecified atom stereocenters. The van der Waals surface area contributed by atoms with Crippen molar-refractivity contribution in [1.82, 2.24) is 5.32 Å². The molecule has 1 aromatic rings. The SMILES string of the molecule is N#CNC(=O)c1cc(Br)c(Br)s1. The summed E-state index contributed by atoms with van der Waals surface area (Å²) < 4.78 is 1.65. The summed E-state index contributed by atoms with van der Waals surface area (Å²) in [5.74, 6) is -0.381. The fourth-order valence-electron chi connectivity index (χ4n) is 0.571. The first kappa shape index (κ1) is 9.71. The number of thiophene rings is 1. The molecule has 0 fully saturated rings. The number of amides is 1. The minimum atomic E-state index is -0.381. The quantitative estimate of drug-likeness (QED) is 0.640. The van der Waals surface area contributed by atoms with Crippen LogP contribution in [0.4, 0.5) is 0 Å². The van der Waals surface area contributed by atoms with E-state index in [0.717, 1.165) is 8.26 Å². The lowest BCUT2D eigenvalue weighted by molar-refractivity contribution is 0.0977. The van der Waals surface area contributed by atoms with Crippen molar-refractivity contribution in [3.63, 3.8) is 0 Å². The van der Waals surface area contributed by atoms with E-state index < -0.39 is 0 Å². The first-order valence-electron chi connectivity index (χ1n) is 2.79. The van der Waals surface area contributed by atoms with Gasteiger partial charge in [0.2, 0.25) is 0 Å². The lowest BCUT2D eigenvalue weighted by Gasteiger charge is -1.88. The summed E-state index contributed by atoms with van der Waals surface area (Å²) in [6.45, 7) is 0. The molecular formula is C6H2Br2N2OS. The molecule has 1 rings (SSSR count). The second-order valence-electron chi connectivity index (χ2n) is 1.80. The normalized spacial score (nSPS) is 9.08. The molecule has 0 saturated carbocycles. The summed E-state index contributed by atoms with van der Waals surface area (Å²) in [6, 6.07) is 1.65. The Morgan fingerprint density at radius 1 is 1.67 bits per heavy atom. The second-order valence-corrected chi connectivity index (χ2v) is 5.02. The van der Waals surface area contributed by atoms with E-state index in [1.807, 2.05) is 5.32 Å². The maximum Gasteiger partial charge on any atom is 0.274 e. The van der Waals surface area contributed by atoms with Gasteiger partial charge in [-0.05, 0) is 37.9 Å². The molecule has 1 aromatic heterocycles. The lowest BCUT2D eigenvalue weighted by atomic mass is 10.4. The van der Waals surface area contributed by atoms with Gasteiger partial charge in [-0.2, -0.15) is 5.26 Å². The van der Waals surface area contributed by atoms with Crippen molar-refractivity contribution in [3.8, 4) is 6.19 Å². The zero-order valence-corrected chi connectivity index (χ0v) is 9.59. The Kier molecular flexibility index (Phi) is 3.26. The van der Waals surface area contributed by atoms with Crippen LogP contribution in [0.15, 0.2) is 14.3 Å². The van der Waals surface area contributed by atoms with Crippen LogP contribution in [0.1, 0.15) is 9.67 Å². The van der Waals surface area contributed by atoms with Crippen molar-refractivity contribution < 1.29 is 4.79 Å². The van der Waals surface area contributed by atoms with Crippen LogP contribution < -0.4 is 5.32 Å². The van der Waals surface area contributed by atoms with Gasteiger partial charge in [-0.15, -0.1) is 11.3 Å². The minimum absolute atomic E-state index is 0.381. The summed E-state index contributed by atoms with van der Waals surface area (Å²) in [6.07, 6.45) is 1.57. The van der Waals surface area contributed by atoms with Crippen molar-refractivity contribution in [2.75, 3.05) is 0 Å². The Hall–Kier alpha value is -0.380. The van der Waals surface area contributed by atoms with Crippen LogP contribution in [0.5, 0.6) is 0 Å². The highest BCUT2D eigenvalue weighted by atomic mass is 79.9. The van der Waals surface area contributed by atoms with Crippen LogP contribution in [0.3, 0.4) is 0 Å². The van der Waals surface area contributed by atoms with Gasteiger partial charge in [0.1, 0.15) is 0 Å². The van der Waals surface area contributed by atoms with E-state index >= 15 is 0 Å². The molecule has 0 aromatic carbocycles. The molecule has 6 heteroatoms. The number of nitrogens with zero attached hydrogens (tertiary/aromatic N) is 1. The molecule has 62 valence electrons. The van der Waals surface area contributed by atoms with Gasteiger partial charge in [-0.3, -0.25) is 10.1 Å². The number of carbonyl (C=O) groups excluding carboxylic acids is 1. The summed E-state index contributed by atoms with van der Waals surface area (Å²) in [4.78, 5) is 11.5. The first-order valence-corrected chi connectivity index (χ1v) is 5.19. The maximum atomic E-state index is 11.0. The highest BCUT2D eigenvalue weighted by molar-refractivity contribution is 9.13.